The van der Waals surface area contributed by atoms with Gasteiger partial charge in [0.25, 0.3) is 5.91 Å². The topological polar surface area (TPSA) is 45.7 Å². The molecule has 3 nitrogen and oxygen atoms in total. The fourth-order valence-corrected chi connectivity index (χ4v) is 3.60. The number of carbonyl (C=O) groups excluding carboxylic acids is 1. The van der Waals surface area contributed by atoms with Gasteiger partial charge in [-0.25, -0.2) is 0 Å². The Bertz CT molecular complexity index is 748. The standard InChI is InChI=1S/C19H20Cl2N2O/c1-12(19(24)23-18-11-14(20)9-10-16(18)21)22-17-8-4-6-13-5-2-3-7-15(13)17/h2-3,5,7,9-12,17,22H,4,6,8H2,1H3,(H,23,24)/p+1/t12-,17+/m0/s1. The van der Waals surface area contributed by atoms with Crippen LogP contribution in [-0.4, -0.2) is 11.9 Å². The first-order valence-electron chi connectivity index (χ1n) is 8.23. The number of nitrogens with one attached hydrogen (secondary N) is 1. The molecule has 0 fully saturated rings. The lowest BCUT2D eigenvalue weighted by molar-refractivity contribution is -0.714. The normalized spacial score (nSPS) is 17.9. The molecule has 2 atom stereocenters. The molecular formula is C19H21Cl2N2O+. The average molecular weight is 364 g/mol. The lowest BCUT2D eigenvalue weighted by atomic mass is 9.87. The molecule has 24 heavy (non-hydrogen) atoms. The quantitative estimate of drug-likeness (QED) is 0.848. The summed E-state index contributed by atoms with van der Waals surface area (Å²) in [4.78, 5) is 12.5. The smallest absolute Gasteiger partial charge is 0.282 e. The summed E-state index contributed by atoms with van der Waals surface area (Å²) in [6.45, 7) is 1.92. The van der Waals surface area contributed by atoms with E-state index in [2.05, 4.69) is 34.9 Å². The van der Waals surface area contributed by atoms with E-state index in [9.17, 15) is 4.79 Å². The molecule has 2 aromatic carbocycles. The Kier molecular flexibility index (Phi) is 5.44. The summed E-state index contributed by atoms with van der Waals surface area (Å²) in [6.07, 6.45) is 3.37. The van der Waals surface area contributed by atoms with Gasteiger partial charge in [-0.2, -0.15) is 0 Å². The van der Waals surface area contributed by atoms with Gasteiger partial charge in [-0.3, -0.25) is 4.79 Å². The van der Waals surface area contributed by atoms with Crippen LogP contribution in [0.2, 0.25) is 10.0 Å². The van der Waals surface area contributed by atoms with Crippen molar-refractivity contribution in [2.75, 3.05) is 5.32 Å². The van der Waals surface area contributed by atoms with E-state index >= 15 is 0 Å². The molecule has 1 amide bonds. The predicted octanol–water partition coefficient (Wildman–Crippen LogP) is 3.96. The van der Waals surface area contributed by atoms with Crippen LogP contribution in [0.3, 0.4) is 0 Å². The van der Waals surface area contributed by atoms with Crippen molar-refractivity contribution in [1.82, 2.24) is 0 Å². The number of rotatable bonds is 4. The van der Waals surface area contributed by atoms with Gasteiger partial charge in [0.2, 0.25) is 0 Å². The monoisotopic (exact) mass is 363 g/mol. The molecule has 126 valence electrons. The highest BCUT2D eigenvalue weighted by Gasteiger charge is 2.27. The summed E-state index contributed by atoms with van der Waals surface area (Å²) in [5.74, 6) is -0.0674. The van der Waals surface area contributed by atoms with E-state index in [0.29, 0.717) is 21.8 Å². The van der Waals surface area contributed by atoms with Crippen molar-refractivity contribution in [2.45, 2.75) is 38.3 Å². The van der Waals surface area contributed by atoms with Crippen LogP contribution in [0.5, 0.6) is 0 Å². The average Bonchev–Trinajstić information content (AvgIpc) is 2.58. The van der Waals surface area contributed by atoms with Crippen molar-refractivity contribution in [3.63, 3.8) is 0 Å². The third kappa shape index (κ3) is 3.92. The fourth-order valence-electron chi connectivity index (χ4n) is 3.27. The van der Waals surface area contributed by atoms with Crippen molar-refractivity contribution in [1.29, 1.82) is 0 Å². The van der Waals surface area contributed by atoms with E-state index in [-0.39, 0.29) is 11.9 Å². The van der Waals surface area contributed by atoms with Crippen molar-refractivity contribution in [2.24, 2.45) is 0 Å². The molecule has 0 unspecified atom stereocenters. The van der Waals surface area contributed by atoms with Crippen LogP contribution in [0.1, 0.15) is 36.9 Å². The Balaban J connectivity index is 1.68. The lowest BCUT2D eigenvalue weighted by Crippen LogP contribution is -2.92. The molecular weight excluding hydrogens is 343 g/mol. The molecule has 0 spiro atoms. The van der Waals surface area contributed by atoms with Gasteiger partial charge in [-0.15, -0.1) is 0 Å². The lowest BCUT2D eigenvalue weighted by Gasteiger charge is -2.26. The minimum atomic E-state index is -0.212. The highest BCUT2D eigenvalue weighted by Crippen LogP contribution is 2.27. The largest absolute Gasteiger partial charge is 0.330 e. The van der Waals surface area contributed by atoms with Crippen molar-refractivity contribution < 1.29 is 10.1 Å². The molecule has 0 aliphatic heterocycles. The van der Waals surface area contributed by atoms with Crippen LogP contribution in [0.25, 0.3) is 0 Å². The number of halogens is 2. The van der Waals surface area contributed by atoms with E-state index in [4.69, 9.17) is 23.2 Å². The molecule has 2 aromatic rings. The Labute approximate surface area is 152 Å². The zero-order chi connectivity index (χ0) is 17.1. The molecule has 3 rings (SSSR count). The van der Waals surface area contributed by atoms with E-state index in [1.165, 1.54) is 11.1 Å². The van der Waals surface area contributed by atoms with Crippen LogP contribution >= 0.6 is 23.2 Å². The third-order valence-corrected chi connectivity index (χ3v) is 5.10. The number of hydrogen-bond acceptors (Lipinski definition) is 1. The van der Waals surface area contributed by atoms with Gasteiger partial charge < -0.3 is 10.6 Å². The van der Waals surface area contributed by atoms with Crippen LogP contribution in [0.4, 0.5) is 5.69 Å². The van der Waals surface area contributed by atoms with Crippen molar-refractivity contribution in [3.8, 4) is 0 Å². The number of aryl methyl sites for hydroxylation is 1. The Morgan fingerprint density at radius 1 is 1.25 bits per heavy atom. The number of amides is 1. The Hall–Kier alpha value is -1.55. The highest BCUT2D eigenvalue weighted by atomic mass is 35.5. The van der Waals surface area contributed by atoms with Gasteiger partial charge >= 0.3 is 0 Å². The number of nitrogens with two attached hydrogens (primary N) is 1. The molecule has 0 radical (unpaired) electrons. The third-order valence-electron chi connectivity index (χ3n) is 4.54. The summed E-state index contributed by atoms with van der Waals surface area (Å²) in [5, 5.41) is 6.06. The molecule has 0 aromatic heterocycles. The van der Waals surface area contributed by atoms with Gasteiger partial charge in [-0.1, -0.05) is 47.5 Å². The van der Waals surface area contributed by atoms with E-state index < -0.39 is 0 Å². The van der Waals surface area contributed by atoms with Gasteiger partial charge in [0.1, 0.15) is 6.04 Å². The van der Waals surface area contributed by atoms with Crippen LogP contribution < -0.4 is 10.6 Å². The molecule has 5 heteroatoms. The van der Waals surface area contributed by atoms with E-state index in [1.54, 1.807) is 18.2 Å². The Morgan fingerprint density at radius 2 is 2.04 bits per heavy atom. The summed E-state index contributed by atoms with van der Waals surface area (Å²) in [7, 11) is 0. The predicted molar refractivity (Wildman–Crippen MR) is 98.6 cm³/mol. The first-order valence-corrected chi connectivity index (χ1v) is 8.99. The van der Waals surface area contributed by atoms with E-state index in [0.717, 1.165) is 19.3 Å². The molecule has 1 aliphatic carbocycles. The molecule has 1 aliphatic rings. The molecule has 3 N–H and O–H groups in total. The highest BCUT2D eigenvalue weighted by molar-refractivity contribution is 6.35. The number of quaternary nitrogens is 1. The van der Waals surface area contributed by atoms with Gasteiger partial charge in [0, 0.05) is 17.0 Å². The summed E-state index contributed by atoms with van der Waals surface area (Å²) >= 11 is 12.1. The summed E-state index contributed by atoms with van der Waals surface area (Å²) < 4.78 is 0. The number of benzene rings is 2. The maximum atomic E-state index is 12.5. The van der Waals surface area contributed by atoms with Gasteiger partial charge in [0.05, 0.1) is 10.7 Å². The second-order valence-electron chi connectivity index (χ2n) is 6.29. The molecule has 0 bridgehead atoms. The number of hydrogen-bond donors (Lipinski definition) is 2. The zero-order valence-corrected chi connectivity index (χ0v) is 15.1. The minimum Gasteiger partial charge on any atom is -0.330 e. The molecule has 0 saturated heterocycles. The maximum Gasteiger partial charge on any atom is 0.282 e. The number of fused-ring (bicyclic) bond motifs is 1. The van der Waals surface area contributed by atoms with E-state index in [1.807, 2.05) is 6.92 Å². The summed E-state index contributed by atoms with van der Waals surface area (Å²) in [5.41, 5.74) is 3.30. The first kappa shape index (κ1) is 17.3. The molecule has 0 heterocycles. The summed E-state index contributed by atoms with van der Waals surface area (Å²) in [6, 6.07) is 13.7. The minimum absolute atomic E-state index is 0.0674. The van der Waals surface area contributed by atoms with Gasteiger partial charge in [0.15, 0.2) is 6.04 Å². The SMILES string of the molecule is C[C@H]([NH2+][C@@H]1CCCc2ccccc21)C(=O)Nc1cc(Cl)ccc1Cl. The van der Waals surface area contributed by atoms with Crippen molar-refractivity contribution in [3.05, 3.63) is 63.6 Å². The number of carbonyl (C=O) groups is 1. The first-order chi connectivity index (χ1) is 11.5. The van der Waals surface area contributed by atoms with Crippen molar-refractivity contribution >= 4 is 34.8 Å². The number of anilines is 1. The van der Waals surface area contributed by atoms with Gasteiger partial charge in [-0.05, 0) is 43.5 Å². The second kappa shape index (κ2) is 7.56. The van der Waals surface area contributed by atoms with Crippen LogP contribution in [-0.2, 0) is 11.2 Å². The maximum absolute atomic E-state index is 12.5. The second-order valence-corrected chi connectivity index (χ2v) is 7.14. The van der Waals surface area contributed by atoms with Crippen LogP contribution in [0, 0.1) is 0 Å². The van der Waals surface area contributed by atoms with Crippen LogP contribution in [0.15, 0.2) is 42.5 Å². The Morgan fingerprint density at radius 3 is 2.88 bits per heavy atom. The zero-order valence-electron chi connectivity index (χ0n) is 13.6. The molecule has 0 saturated carbocycles. The fraction of sp³-hybridized carbons (Fsp3) is 0.316.